The van der Waals surface area contributed by atoms with Crippen LogP contribution in [0.2, 0.25) is 0 Å². The van der Waals surface area contributed by atoms with Crippen molar-refractivity contribution in [2.45, 2.75) is 135 Å². The van der Waals surface area contributed by atoms with Gasteiger partial charge in [0, 0.05) is 18.6 Å². The Hall–Kier alpha value is -1.15. The Morgan fingerprint density at radius 3 is 2.24 bits per heavy atom. The summed E-state index contributed by atoms with van der Waals surface area (Å²) in [7, 11) is 0. The van der Waals surface area contributed by atoms with Crippen molar-refractivity contribution in [3.8, 4) is 0 Å². The Labute approximate surface area is 289 Å². The fourth-order valence-corrected chi connectivity index (χ4v) is 14.5. The number of carboxylic acid groups (broad SMARTS) is 1. The SMILES string of the molecule is C[C@]1(CO)CC[C@]2(C(=O)O)CC[C@]34CC[C@H](CO)[C@]5(CC=C3[C@@H]2C1)[C@@]4(C)CC[C@@H]1[C@](C)(CO)[C@H](O[C@@H]2OC[C@@H](O)[C@H](O)[C@H]2O)[C@H](O)C[C@@]15C. The molecule has 6 aliphatic carbocycles. The molecular weight excluding hydrogens is 632 g/mol. The van der Waals surface area contributed by atoms with E-state index in [1.807, 2.05) is 6.92 Å². The van der Waals surface area contributed by atoms with Crippen LogP contribution in [0.3, 0.4) is 0 Å². The first-order valence-corrected chi connectivity index (χ1v) is 18.8. The van der Waals surface area contributed by atoms with Crippen LogP contribution in [-0.2, 0) is 14.3 Å². The van der Waals surface area contributed by atoms with Crippen LogP contribution < -0.4 is 0 Å². The van der Waals surface area contributed by atoms with Gasteiger partial charge in [-0.3, -0.25) is 4.79 Å². The zero-order valence-corrected chi connectivity index (χ0v) is 29.7. The molecule has 49 heavy (non-hydrogen) atoms. The van der Waals surface area contributed by atoms with Crippen molar-refractivity contribution < 1.29 is 55.1 Å². The van der Waals surface area contributed by atoms with E-state index in [-0.39, 0.29) is 60.4 Å². The maximum atomic E-state index is 13.2. The third kappa shape index (κ3) is 4.37. The minimum absolute atomic E-state index is 0.00356. The highest BCUT2D eigenvalue weighted by atomic mass is 16.7. The van der Waals surface area contributed by atoms with Crippen molar-refractivity contribution in [3.05, 3.63) is 11.6 Å². The monoisotopic (exact) mass is 692 g/mol. The van der Waals surface area contributed by atoms with Crippen LogP contribution in [0.15, 0.2) is 11.6 Å². The summed E-state index contributed by atoms with van der Waals surface area (Å²) in [6.45, 7) is 8.13. The van der Waals surface area contributed by atoms with Gasteiger partial charge in [0.05, 0.1) is 30.8 Å². The van der Waals surface area contributed by atoms with E-state index in [9.17, 15) is 45.6 Å². The summed E-state index contributed by atoms with van der Waals surface area (Å²) < 4.78 is 11.9. The molecule has 16 atom stereocenters. The van der Waals surface area contributed by atoms with Crippen molar-refractivity contribution in [2.75, 3.05) is 26.4 Å². The first-order valence-electron chi connectivity index (χ1n) is 18.8. The molecule has 0 aromatic rings. The molecule has 1 heterocycles. The number of hydrogen-bond acceptors (Lipinski definition) is 10. The Bertz CT molecular complexity index is 1360. The van der Waals surface area contributed by atoms with Gasteiger partial charge in [0.25, 0.3) is 0 Å². The lowest BCUT2D eigenvalue weighted by Gasteiger charge is -2.80. The first-order chi connectivity index (χ1) is 23.0. The highest BCUT2D eigenvalue weighted by molar-refractivity contribution is 5.76. The summed E-state index contributed by atoms with van der Waals surface area (Å²) in [4.78, 5) is 13.2. The molecule has 1 aliphatic heterocycles. The molecule has 2 bridgehead atoms. The molecule has 0 aromatic heterocycles. The third-order valence-corrected chi connectivity index (χ3v) is 17.0. The zero-order chi connectivity index (χ0) is 35.6. The summed E-state index contributed by atoms with van der Waals surface area (Å²) >= 11 is 0. The van der Waals surface area contributed by atoms with Gasteiger partial charge in [0.15, 0.2) is 6.29 Å². The molecule has 7 aliphatic rings. The van der Waals surface area contributed by atoms with Crippen molar-refractivity contribution >= 4 is 5.97 Å². The molecule has 6 fully saturated rings. The molecule has 0 amide bonds. The number of allylic oxidation sites excluding steroid dienone is 2. The van der Waals surface area contributed by atoms with Crippen LogP contribution >= 0.6 is 0 Å². The van der Waals surface area contributed by atoms with Gasteiger partial charge in [-0.1, -0.05) is 39.3 Å². The second-order valence-corrected chi connectivity index (χ2v) is 18.6. The Kier molecular flexibility index (Phi) is 8.63. The lowest BCUT2D eigenvalue weighted by molar-refractivity contribution is -0.350. The largest absolute Gasteiger partial charge is 0.481 e. The number of aliphatic hydroxyl groups excluding tert-OH is 7. The van der Waals surface area contributed by atoms with Gasteiger partial charge in [-0.2, -0.15) is 0 Å². The normalized spacial score (nSPS) is 56.8. The fraction of sp³-hybridized carbons (Fsp3) is 0.921. The number of aliphatic carboxylic acids is 1. The molecule has 0 radical (unpaired) electrons. The number of ether oxygens (including phenoxy) is 2. The van der Waals surface area contributed by atoms with Crippen LogP contribution in [0.1, 0.15) is 98.3 Å². The maximum absolute atomic E-state index is 13.2. The van der Waals surface area contributed by atoms with Gasteiger partial charge in [-0.25, -0.2) is 0 Å². The summed E-state index contributed by atoms with van der Waals surface area (Å²) in [5.74, 6) is -1.12. The Balaban J connectivity index is 1.33. The van der Waals surface area contributed by atoms with Crippen LogP contribution in [0.25, 0.3) is 0 Å². The number of fused-ring (bicyclic) bond motifs is 3. The number of rotatable bonds is 6. The van der Waals surface area contributed by atoms with Crippen molar-refractivity contribution in [1.82, 2.24) is 0 Å². The van der Waals surface area contributed by atoms with Crippen LogP contribution in [-0.4, -0.2) is 110 Å². The van der Waals surface area contributed by atoms with E-state index in [1.54, 1.807) is 0 Å². The Morgan fingerprint density at radius 2 is 1.59 bits per heavy atom. The van der Waals surface area contributed by atoms with E-state index in [1.165, 1.54) is 5.57 Å². The average Bonchev–Trinajstić information content (AvgIpc) is 3.06. The molecule has 1 saturated heterocycles. The number of carboxylic acids is 1. The molecule has 7 rings (SSSR count). The summed E-state index contributed by atoms with van der Waals surface area (Å²) in [5.41, 5.74) is -2.57. The number of carbonyl (C=O) groups is 1. The van der Waals surface area contributed by atoms with E-state index in [2.05, 4.69) is 26.8 Å². The lowest BCUT2D eigenvalue weighted by Crippen LogP contribution is -2.76. The van der Waals surface area contributed by atoms with Crippen molar-refractivity contribution in [2.24, 2.45) is 55.7 Å². The lowest BCUT2D eigenvalue weighted by atomic mass is 9.24. The van der Waals surface area contributed by atoms with Gasteiger partial charge in [-0.05, 0) is 115 Å². The van der Waals surface area contributed by atoms with Gasteiger partial charge >= 0.3 is 5.97 Å². The topological polar surface area (TPSA) is 197 Å². The second-order valence-electron chi connectivity index (χ2n) is 18.6. The number of aliphatic hydroxyl groups is 7. The van der Waals surface area contributed by atoms with Gasteiger partial charge in [-0.15, -0.1) is 0 Å². The molecule has 8 N–H and O–H groups in total. The summed E-state index contributed by atoms with van der Waals surface area (Å²) in [5, 5.41) is 86.9. The molecule has 11 heteroatoms. The minimum atomic E-state index is -1.53. The van der Waals surface area contributed by atoms with Crippen molar-refractivity contribution in [1.29, 1.82) is 0 Å². The zero-order valence-electron chi connectivity index (χ0n) is 29.7. The smallest absolute Gasteiger partial charge is 0.310 e. The van der Waals surface area contributed by atoms with Gasteiger partial charge in [0.1, 0.15) is 18.3 Å². The summed E-state index contributed by atoms with van der Waals surface area (Å²) in [6.07, 6.45) is 2.14. The second kappa shape index (κ2) is 11.7. The molecular formula is C38H60O11. The fourth-order valence-electron chi connectivity index (χ4n) is 14.5. The van der Waals surface area contributed by atoms with Gasteiger partial charge in [0.2, 0.25) is 0 Å². The standard InChI is InChI=1S/C38H60O11/c1-32(19-40)11-12-36(31(46)47)13-14-37-9-5-21(17-39)38(10-6-22(37)23(36)15-32)34(3)16-24(42)29(49-30-28(45)27(44)25(43)18-48-30)33(2,20-41)26(34)7-8-35(37,38)4/h6,21,23-30,39-45H,5,7-20H2,1-4H3,(H,46,47)/t21-,23+,24-,25-,26-,27+,28-,29-,30+,32+,33+,34+,35+,36+,37-,38+/m1/s1. The molecule has 11 nitrogen and oxygen atoms in total. The highest BCUT2D eigenvalue weighted by Crippen LogP contribution is 2.84. The van der Waals surface area contributed by atoms with Crippen LogP contribution in [0.5, 0.6) is 0 Å². The first kappa shape index (κ1) is 36.2. The van der Waals surface area contributed by atoms with Crippen LogP contribution in [0.4, 0.5) is 0 Å². The van der Waals surface area contributed by atoms with E-state index in [0.29, 0.717) is 38.5 Å². The van der Waals surface area contributed by atoms with E-state index in [0.717, 1.165) is 32.1 Å². The minimum Gasteiger partial charge on any atom is -0.481 e. The van der Waals surface area contributed by atoms with E-state index >= 15 is 0 Å². The van der Waals surface area contributed by atoms with Gasteiger partial charge < -0.3 is 50.3 Å². The highest BCUT2D eigenvalue weighted by Gasteiger charge is 2.79. The third-order valence-electron chi connectivity index (χ3n) is 17.0. The average molecular weight is 693 g/mol. The molecule has 0 unspecified atom stereocenters. The predicted molar refractivity (Wildman–Crippen MR) is 177 cm³/mol. The van der Waals surface area contributed by atoms with Crippen LogP contribution in [0, 0.1) is 55.7 Å². The predicted octanol–water partition coefficient (Wildman–Crippen LogP) is 2.37. The molecule has 5 saturated carbocycles. The molecule has 278 valence electrons. The Morgan fingerprint density at radius 1 is 0.878 bits per heavy atom. The summed E-state index contributed by atoms with van der Waals surface area (Å²) in [6, 6.07) is 0. The quantitative estimate of drug-likeness (QED) is 0.150. The molecule has 1 spiro atoms. The van der Waals surface area contributed by atoms with E-state index in [4.69, 9.17) is 9.47 Å². The number of hydrogen-bond donors (Lipinski definition) is 8. The van der Waals surface area contributed by atoms with Crippen molar-refractivity contribution in [3.63, 3.8) is 0 Å². The molecule has 0 aromatic carbocycles. The van der Waals surface area contributed by atoms with E-state index < -0.39 is 64.4 Å². The maximum Gasteiger partial charge on any atom is 0.310 e.